The van der Waals surface area contributed by atoms with Gasteiger partial charge in [0.05, 0.1) is 5.54 Å². The first-order valence-corrected chi connectivity index (χ1v) is 6.17. The van der Waals surface area contributed by atoms with Crippen molar-refractivity contribution in [3.63, 3.8) is 0 Å². The number of hydrogen-bond acceptors (Lipinski definition) is 3. The van der Waals surface area contributed by atoms with Crippen LogP contribution in [-0.4, -0.2) is 10.7 Å². The van der Waals surface area contributed by atoms with Gasteiger partial charge in [0.15, 0.2) is 0 Å². The molecule has 0 saturated heterocycles. The summed E-state index contributed by atoms with van der Waals surface area (Å²) in [4.78, 5) is 10.9. The summed E-state index contributed by atoms with van der Waals surface area (Å²) in [5, 5.41) is 0.134. The quantitative estimate of drug-likeness (QED) is 0.723. The maximum absolute atomic E-state index is 10.9. The molecule has 1 aliphatic rings. The van der Waals surface area contributed by atoms with Crippen molar-refractivity contribution in [1.29, 1.82) is 0 Å². The normalized spacial score (nSPS) is 22.9. The molecule has 52 valence electrons. The maximum Gasteiger partial charge on any atom is 0.218 e. The van der Waals surface area contributed by atoms with E-state index in [1.54, 1.807) is 0 Å². The first-order valence-electron chi connectivity index (χ1n) is 2.81. The van der Waals surface area contributed by atoms with E-state index in [-0.39, 0.29) is 5.12 Å². The molecule has 1 rings (SSSR count). The molecule has 0 aliphatic heterocycles. The van der Waals surface area contributed by atoms with Crippen LogP contribution in [0.2, 0.25) is 0 Å². The van der Waals surface area contributed by atoms with Crippen molar-refractivity contribution in [3.05, 3.63) is 0 Å². The van der Waals surface area contributed by atoms with Gasteiger partial charge in [0, 0.05) is 21.2 Å². The van der Waals surface area contributed by atoms with E-state index in [2.05, 4.69) is 0 Å². The zero-order chi connectivity index (χ0) is 6.91. The highest BCUT2D eigenvalue weighted by molar-refractivity contribution is 14.2. The third kappa shape index (κ3) is 1.40. The van der Waals surface area contributed by atoms with E-state index in [1.807, 2.05) is 21.2 Å². The minimum Gasteiger partial charge on any atom is -0.318 e. The van der Waals surface area contributed by atoms with Crippen molar-refractivity contribution in [2.45, 2.75) is 24.8 Å². The van der Waals surface area contributed by atoms with Crippen LogP contribution in [0, 0.1) is 0 Å². The number of rotatable bonds is 1. The molecular weight excluding hydrogens is 249 g/mol. The summed E-state index contributed by atoms with van der Waals surface area (Å²) >= 11 is 1.98. The molecule has 1 saturated carbocycles. The Bertz CT molecular complexity index is 135. The van der Waals surface area contributed by atoms with E-state index < -0.39 is 5.54 Å². The second-order valence-electron chi connectivity index (χ2n) is 2.37. The highest BCUT2D eigenvalue weighted by Crippen LogP contribution is 2.35. The van der Waals surface area contributed by atoms with Gasteiger partial charge in [0.1, 0.15) is 0 Å². The van der Waals surface area contributed by atoms with Gasteiger partial charge < -0.3 is 5.73 Å². The molecule has 0 radical (unpaired) electrons. The fourth-order valence-electron chi connectivity index (χ4n) is 0.839. The third-order valence-corrected chi connectivity index (χ3v) is 3.47. The molecule has 1 fully saturated rings. The Kier molecular flexibility index (Phi) is 2.39. The second-order valence-corrected chi connectivity index (χ2v) is 4.22. The minimum atomic E-state index is -0.453. The van der Waals surface area contributed by atoms with Gasteiger partial charge in [-0.3, -0.25) is 4.79 Å². The van der Waals surface area contributed by atoms with Crippen molar-refractivity contribution < 1.29 is 4.79 Å². The Balaban J connectivity index is 2.49. The third-order valence-electron chi connectivity index (χ3n) is 1.72. The smallest absolute Gasteiger partial charge is 0.218 e. The van der Waals surface area contributed by atoms with Crippen LogP contribution in [0.15, 0.2) is 0 Å². The van der Waals surface area contributed by atoms with E-state index in [9.17, 15) is 4.79 Å². The lowest BCUT2D eigenvalue weighted by atomic mass is 9.79. The van der Waals surface area contributed by atoms with E-state index in [1.165, 1.54) is 8.93 Å². The molecular formula is C5H8INOS. The molecule has 2 N–H and O–H groups in total. The topological polar surface area (TPSA) is 43.1 Å². The molecule has 1 aliphatic carbocycles. The number of nitrogens with two attached hydrogens (primary N) is 1. The zero-order valence-electron chi connectivity index (χ0n) is 4.89. The second kappa shape index (κ2) is 2.75. The molecule has 4 heteroatoms. The zero-order valence-corrected chi connectivity index (χ0v) is 7.87. The lowest BCUT2D eigenvalue weighted by Gasteiger charge is -2.34. The van der Waals surface area contributed by atoms with E-state index in [0.717, 1.165) is 19.3 Å². The summed E-state index contributed by atoms with van der Waals surface area (Å²) in [6.07, 6.45) is 2.86. The maximum atomic E-state index is 10.9. The average Bonchev–Trinajstić information content (AvgIpc) is 1.81. The number of halogens is 1. The summed E-state index contributed by atoms with van der Waals surface area (Å²) in [5.41, 5.74) is 5.23. The van der Waals surface area contributed by atoms with Crippen molar-refractivity contribution in [2.75, 3.05) is 0 Å². The van der Waals surface area contributed by atoms with Crippen molar-refractivity contribution >= 4 is 35.3 Å². The van der Waals surface area contributed by atoms with Gasteiger partial charge in [-0.2, -0.15) is 0 Å². The molecule has 0 aromatic rings. The van der Waals surface area contributed by atoms with Crippen LogP contribution >= 0.6 is 30.1 Å². The van der Waals surface area contributed by atoms with Crippen LogP contribution in [-0.2, 0) is 4.79 Å². The largest absolute Gasteiger partial charge is 0.318 e. The minimum absolute atomic E-state index is 0.134. The van der Waals surface area contributed by atoms with E-state index >= 15 is 0 Å². The van der Waals surface area contributed by atoms with Crippen molar-refractivity contribution in [2.24, 2.45) is 5.73 Å². The molecule has 2 nitrogen and oxygen atoms in total. The number of hydrogen-bond donors (Lipinski definition) is 1. The monoisotopic (exact) mass is 257 g/mol. The van der Waals surface area contributed by atoms with Crippen LogP contribution in [0.4, 0.5) is 0 Å². The Morgan fingerprint density at radius 1 is 1.67 bits per heavy atom. The van der Waals surface area contributed by atoms with Crippen molar-refractivity contribution in [3.8, 4) is 0 Å². The molecule has 0 aromatic heterocycles. The Morgan fingerprint density at radius 2 is 2.22 bits per heavy atom. The highest BCUT2D eigenvalue weighted by atomic mass is 127. The predicted octanol–water partition coefficient (Wildman–Crippen LogP) is 1.48. The van der Waals surface area contributed by atoms with Gasteiger partial charge in [-0.15, -0.1) is 0 Å². The molecule has 0 spiro atoms. The fourth-order valence-corrected chi connectivity index (χ4v) is 2.51. The van der Waals surface area contributed by atoms with Gasteiger partial charge in [-0.05, 0) is 28.2 Å². The molecule has 0 unspecified atom stereocenters. The Morgan fingerprint density at radius 3 is 2.33 bits per heavy atom. The highest BCUT2D eigenvalue weighted by Gasteiger charge is 2.39. The molecule has 9 heavy (non-hydrogen) atoms. The predicted molar refractivity (Wildman–Crippen MR) is 47.4 cm³/mol. The Hall–Kier alpha value is 0.710. The van der Waals surface area contributed by atoms with Gasteiger partial charge in [0.2, 0.25) is 5.12 Å². The van der Waals surface area contributed by atoms with Crippen LogP contribution in [0.1, 0.15) is 19.3 Å². The van der Waals surface area contributed by atoms with Crippen LogP contribution < -0.4 is 5.73 Å². The SMILES string of the molecule is NC1(C(=O)SI)CCC1. The Labute approximate surface area is 70.5 Å². The summed E-state index contributed by atoms with van der Waals surface area (Å²) < 4.78 is 0. The summed E-state index contributed by atoms with van der Waals surface area (Å²) in [6.45, 7) is 0. The van der Waals surface area contributed by atoms with Gasteiger partial charge in [-0.25, -0.2) is 0 Å². The molecule has 0 bridgehead atoms. The van der Waals surface area contributed by atoms with Crippen LogP contribution in [0.5, 0.6) is 0 Å². The van der Waals surface area contributed by atoms with Crippen molar-refractivity contribution in [1.82, 2.24) is 0 Å². The standard InChI is InChI=1S/C5H8INOS/c6-9-4(8)5(7)2-1-3-5/h1-3,7H2. The van der Waals surface area contributed by atoms with Gasteiger partial charge >= 0.3 is 0 Å². The number of carbonyl (C=O) groups is 1. The lowest BCUT2D eigenvalue weighted by molar-refractivity contribution is -0.117. The van der Waals surface area contributed by atoms with Crippen LogP contribution in [0.3, 0.4) is 0 Å². The van der Waals surface area contributed by atoms with Gasteiger partial charge in [0.25, 0.3) is 0 Å². The molecule has 0 amide bonds. The first-order chi connectivity index (χ1) is 4.19. The summed E-state index contributed by atoms with van der Waals surface area (Å²) in [6, 6.07) is 0. The summed E-state index contributed by atoms with van der Waals surface area (Å²) in [7, 11) is 1.21. The fraction of sp³-hybridized carbons (Fsp3) is 0.800. The molecule has 0 aromatic carbocycles. The summed E-state index contributed by atoms with van der Waals surface area (Å²) in [5.74, 6) is 0. The van der Waals surface area contributed by atoms with E-state index in [0.29, 0.717) is 0 Å². The average molecular weight is 257 g/mol. The molecule has 0 atom stereocenters. The first kappa shape index (κ1) is 7.81. The molecule has 0 heterocycles. The van der Waals surface area contributed by atoms with E-state index in [4.69, 9.17) is 5.73 Å². The van der Waals surface area contributed by atoms with Crippen LogP contribution in [0.25, 0.3) is 0 Å². The lowest BCUT2D eigenvalue weighted by Crippen LogP contribution is -2.52. The number of carbonyl (C=O) groups excluding carboxylic acids is 1. The van der Waals surface area contributed by atoms with Gasteiger partial charge in [-0.1, -0.05) is 0 Å².